The van der Waals surface area contributed by atoms with Crippen molar-refractivity contribution in [1.29, 1.82) is 0 Å². The summed E-state index contributed by atoms with van der Waals surface area (Å²) >= 11 is 0. The molecule has 3 rings (SSSR count). The second-order valence-electron chi connectivity index (χ2n) is 5.27. The van der Waals surface area contributed by atoms with Crippen molar-refractivity contribution in [2.75, 3.05) is 0 Å². The second-order valence-corrected chi connectivity index (χ2v) is 5.27. The van der Waals surface area contributed by atoms with Crippen LogP contribution < -0.4 is 5.32 Å². The summed E-state index contributed by atoms with van der Waals surface area (Å²) in [6, 6.07) is 4.63. The van der Waals surface area contributed by atoms with Gasteiger partial charge in [-0.25, -0.2) is 0 Å². The molecule has 1 aromatic rings. The fraction of sp³-hybridized carbons (Fsp3) is 0.571. The molecule has 1 amide bonds. The molecule has 1 saturated carbocycles. The second kappa shape index (κ2) is 4.47. The van der Waals surface area contributed by atoms with Gasteiger partial charge in [0.05, 0.1) is 0 Å². The molecule has 1 N–H and O–H groups in total. The molecule has 3 atom stereocenters. The SMILES string of the molecule is O=C1CCC2CC(c3cccnc3)CCC2N1. The van der Waals surface area contributed by atoms with Crippen LogP contribution in [0, 0.1) is 5.92 Å². The van der Waals surface area contributed by atoms with Crippen molar-refractivity contribution in [3.8, 4) is 0 Å². The van der Waals surface area contributed by atoms with Gasteiger partial charge >= 0.3 is 0 Å². The zero-order valence-corrected chi connectivity index (χ0v) is 9.93. The molecular weight excluding hydrogens is 212 g/mol. The third-order valence-corrected chi connectivity index (χ3v) is 4.23. The highest BCUT2D eigenvalue weighted by molar-refractivity contribution is 5.77. The number of nitrogens with one attached hydrogen (secondary N) is 1. The lowest BCUT2D eigenvalue weighted by Crippen LogP contribution is -2.47. The lowest BCUT2D eigenvalue weighted by molar-refractivity contribution is -0.124. The van der Waals surface area contributed by atoms with E-state index in [4.69, 9.17) is 0 Å². The van der Waals surface area contributed by atoms with Gasteiger partial charge in [0.1, 0.15) is 0 Å². The molecule has 17 heavy (non-hydrogen) atoms. The minimum atomic E-state index is 0.242. The van der Waals surface area contributed by atoms with Crippen molar-refractivity contribution in [3.05, 3.63) is 30.1 Å². The van der Waals surface area contributed by atoms with Crippen LogP contribution in [0.25, 0.3) is 0 Å². The van der Waals surface area contributed by atoms with Gasteiger partial charge in [0.25, 0.3) is 0 Å². The van der Waals surface area contributed by atoms with Crippen LogP contribution in [0.3, 0.4) is 0 Å². The van der Waals surface area contributed by atoms with E-state index in [1.807, 2.05) is 18.5 Å². The van der Waals surface area contributed by atoms with Crippen LogP contribution in [0.15, 0.2) is 24.5 Å². The van der Waals surface area contributed by atoms with Crippen molar-refractivity contribution >= 4 is 5.91 Å². The first-order valence-electron chi connectivity index (χ1n) is 6.52. The fourth-order valence-electron chi connectivity index (χ4n) is 3.29. The summed E-state index contributed by atoms with van der Waals surface area (Å²) in [4.78, 5) is 15.6. The summed E-state index contributed by atoms with van der Waals surface area (Å²) in [5.74, 6) is 1.55. The van der Waals surface area contributed by atoms with Gasteiger partial charge in [-0.1, -0.05) is 6.07 Å². The molecule has 90 valence electrons. The van der Waals surface area contributed by atoms with Crippen LogP contribution in [-0.2, 0) is 4.79 Å². The van der Waals surface area contributed by atoms with E-state index in [2.05, 4.69) is 16.4 Å². The molecule has 1 aliphatic carbocycles. The summed E-state index contributed by atoms with van der Waals surface area (Å²) < 4.78 is 0. The minimum Gasteiger partial charge on any atom is -0.353 e. The highest BCUT2D eigenvalue weighted by atomic mass is 16.1. The van der Waals surface area contributed by atoms with Crippen LogP contribution in [0.4, 0.5) is 0 Å². The first kappa shape index (κ1) is 10.8. The lowest BCUT2D eigenvalue weighted by Gasteiger charge is -2.39. The number of amides is 1. The van der Waals surface area contributed by atoms with E-state index in [-0.39, 0.29) is 5.91 Å². The summed E-state index contributed by atoms with van der Waals surface area (Å²) in [5.41, 5.74) is 1.36. The first-order chi connectivity index (χ1) is 8.33. The molecule has 2 aliphatic rings. The number of pyridine rings is 1. The average Bonchev–Trinajstić information content (AvgIpc) is 2.39. The monoisotopic (exact) mass is 230 g/mol. The molecular formula is C14H18N2O. The van der Waals surface area contributed by atoms with Gasteiger partial charge in [-0.3, -0.25) is 9.78 Å². The smallest absolute Gasteiger partial charge is 0.220 e. The Kier molecular flexibility index (Phi) is 2.83. The number of carbonyl (C=O) groups is 1. The minimum absolute atomic E-state index is 0.242. The highest BCUT2D eigenvalue weighted by Gasteiger charge is 2.34. The number of nitrogens with zero attached hydrogens (tertiary/aromatic N) is 1. The Bertz CT molecular complexity index is 404. The van der Waals surface area contributed by atoms with Crippen LogP contribution in [-0.4, -0.2) is 16.9 Å². The average molecular weight is 230 g/mol. The first-order valence-corrected chi connectivity index (χ1v) is 6.52. The van der Waals surface area contributed by atoms with E-state index < -0.39 is 0 Å². The number of carbonyl (C=O) groups excluding carboxylic acids is 1. The van der Waals surface area contributed by atoms with Crippen LogP contribution in [0.2, 0.25) is 0 Å². The number of piperidine rings is 1. The lowest BCUT2D eigenvalue weighted by atomic mass is 9.72. The van der Waals surface area contributed by atoms with E-state index in [1.54, 1.807) is 0 Å². The molecule has 3 nitrogen and oxygen atoms in total. The molecule has 1 saturated heterocycles. The molecule has 3 heteroatoms. The Balaban J connectivity index is 1.70. The number of hydrogen-bond donors (Lipinski definition) is 1. The standard InChI is InChI=1S/C14H18N2O/c17-14-6-4-11-8-10(3-5-13(11)16-14)12-2-1-7-15-9-12/h1-2,7,9-11,13H,3-6,8H2,(H,16,17). The third-order valence-electron chi connectivity index (χ3n) is 4.23. The normalized spacial score (nSPS) is 32.7. The summed E-state index contributed by atoms with van der Waals surface area (Å²) in [6.45, 7) is 0. The predicted octanol–water partition coefficient (Wildman–Crippen LogP) is 2.24. The van der Waals surface area contributed by atoms with Crippen molar-refractivity contribution in [3.63, 3.8) is 0 Å². The van der Waals surface area contributed by atoms with Gasteiger partial charge in [0.2, 0.25) is 5.91 Å². The number of rotatable bonds is 1. The maximum atomic E-state index is 11.3. The molecule has 2 heterocycles. The molecule has 1 aromatic heterocycles. The van der Waals surface area contributed by atoms with Crippen molar-refractivity contribution in [2.24, 2.45) is 5.92 Å². The zero-order valence-electron chi connectivity index (χ0n) is 9.93. The highest BCUT2D eigenvalue weighted by Crippen LogP contribution is 2.39. The van der Waals surface area contributed by atoms with Gasteiger partial charge in [0, 0.05) is 24.9 Å². The largest absolute Gasteiger partial charge is 0.353 e. The Hall–Kier alpha value is -1.38. The Labute approximate surface area is 102 Å². The molecule has 0 spiro atoms. The quantitative estimate of drug-likeness (QED) is 0.804. The van der Waals surface area contributed by atoms with E-state index in [1.165, 1.54) is 18.4 Å². The maximum Gasteiger partial charge on any atom is 0.220 e. The van der Waals surface area contributed by atoms with Crippen LogP contribution in [0.1, 0.15) is 43.6 Å². The van der Waals surface area contributed by atoms with Crippen LogP contribution >= 0.6 is 0 Å². The van der Waals surface area contributed by atoms with E-state index in [0.29, 0.717) is 24.3 Å². The molecule has 1 aliphatic heterocycles. The summed E-state index contributed by atoms with van der Waals surface area (Å²) in [6.07, 6.45) is 9.09. The van der Waals surface area contributed by atoms with E-state index >= 15 is 0 Å². The topological polar surface area (TPSA) is 42.0 Å². The van der Waals surface area contributed by atoms with Crippen molar-refractivity contribution < 1.29 is 4.79 Å². The van der Waals surface area contributed by atoms with Gasteiger partial charge < -0.3 is 5.32 Å². The number of hydrogen-bond acceptors (Lipinski definition) is 2. The maximum absolute atomic E-state index is 11.3. The molecule has 3 unspecified atom stereocenters. The van der Waals surface area contributed by atoms with E-state index in [9.17, 15) is 4.79 Å². The van der Waals surface area contributed by atoms with Gasteiger partial charge in [-0.15, -0.1) is 0 Å². The van der Waals surface area contributed by atoms with Crippen LogP contribution in [0.5, 0.6) is 0 Å². The molecule has 0 radical (unpaired) electrons. The Morgan fingerprint density at radius 2 is 2.24 bits per heavy atom. The third kappa shape index (κ3) is 2.19. The van der Waals surface area contributed by atoms with Crippen molar-refractivity contribution in [1.82, 2.24) is 10.3 Å². The van der Waals surface area contributed by atoms with Gasteiger partial charge in [0.15, 0.2) is 0 Å². The summed E-state index contributed by atoms with van der Waals surface area (Å²) in [7, 11) is 0. The number of aromatic nitrogens is 1. The molecule has 2 fully saturated rings. The predicted molar refractivity (Wildman–Crippen MR) is 65.5 cm³/mol. The Morgan fingerprint density at radius 1 is 1.29 bits per heavy atom. The number of fused-ring (bicyclic) bond motifs is 1. The molecule has 0 bridgehead atoms. The molecule has 0 aromatic carbocycles. The Morgan fingerprint density at radius 3 is 3.06 bits per heavy atom. The van der Waals surface area contributed by atoms with E-state index in [0.717, 1.165) is 12.8 Å². The zero-order chi connectivity index (χ0) is 11.7. The van der Waals surface area contributed by atoms with Gasteiger partial charge in [-0.2, -0.15) is 0 Å². The van der Waals surface area contributed by atoms with Crippen molar-refractivity contribution in [2.45, 2.75) is 44.1 Å². The fourth-order valence-corrected chi connectivity index (χ4v) is 3.29. The summed E-state index contributed by atoms with van der Waals surface area (Å²) in [5, 5.41) is 3.14. The van der Waals surface area contributed by atoms with Gasteiger partial charge in [-0.05, 0) is 49.1 Å².